The second-order valence-corrected chi connectivity index (χ2v) is 4.04. The highest BCUT2D eigenvalue weighted by Gasteiger charge is 2.12. The minimum Gasteiger partial charge on any atom is -0.457 e. The van der Waals surface area contributed by atoms with Gasteiger partial charge in [0.05, 0.1) is 5.56 Å². The van der Waals surface area contributed by atoms with Gasteiger partial charge in [-0.3, -0.25) is 4.79 Å². The summed E-state index contributed by atoms with van der Waals surface area (Å²) in [6.45, 7) is 0. The van der Waals surface area contributed by atoms with Crippen LogP contribution >= 0.6 is 0 Å². The third-order valence-electron chi connectivity index (χ3n) is 2.65. The Morgan fingerprint density at radius 1 is 1.00 bits per heavy atom. The first-order valence-electron chi connectivity index (χ1n) is 6.10. The van der Waals surface area contributed by atoms with Crippen LogP contribution in [0.3, 0.4) is 0 Å². The maximum absolute atomic E-state index is 12.0. The largest absolute Gasteiger partial charge is 0.457 e. The van der Waals surface area contributed by atoms with Gasteiger partial charge < -0.3 is 9.53 Å². The first-order chi connectivity index (χ1) is 9.31. The number of rotatable bonds is 6. The number of ether oxygens (including phenoxy) is 1. The molecule has 0 saturated carbocycles. The predicted molar refractivity (Wildman–Crippen MR) is 72.6 cm³/mol. The summed E-state index contributed by atoms with van der Waals surface area (Å²) in [5, 5.41) is 0. The van der Waals surface area contributed by atoms with Crippen LogP contribution in [0.5, 0.6) is 11.5 Å². The molecule has 0 amide bonds. The lowest BCUT2D eigenvalue weighted by Gasteiger charge is -2.09. The molecule has 2 aromatic rings. The third kappa shape index (κ3) is 3.52. The molecule has 0 aliphatic carbocycles. The molecule has 0 N–H and O–H groups in total. The van der Waals surface area contributed by atoms with Crippen molar-refractivity contribution in [2.24, 2.45) is 0 Å². The maximum atomic E-state index is 12.0. The summed E-state index contributed by atoms with van der Waals surface area (Å²) in [5.41, 5.74) is 0.508. The molecular formula is C16H14O3. The Morgan fingerprint density at radius 2 is 1.68 bits per heavy atom. The van der Waals surface area contributed by atoms with Crippen LogP contribution in [0.2, 0.25) is 0 Å². The molecule has 0 heterocycles. The number of hydrogen-bond acceptors (Lipinski definition) is 3. The highest BCUT2D eigenvalue weighted by Crippen LogP contribution is 2.26. The van der Waals surface area contributed by atoms with E-state index in [2.05, 4.69) is 0 Å². The molecule has 0 atom stereocenters. The fourth-order valence-corrected chi connectivity index (χ4v) is 1.73. The van der Waals surface area contributed by atoms with Crippen molar-refractivity contribution in [2.75, 3.05) is 0 Å². The number of carbonyl (C=O) groups excluding carboxylic acids is 2. The van der Waals surface area contributed by atoms with Gasteiger partial charge in [0, 0.05) is 12.8 Å². The SMILES string of the molecule is O=CCCC(=O)c1ccccc1Oc1ccccc1. The van der Waals surface area contributed by atoms with E-state index < -0.39 is 0 Å². The molecule has 96 valence electrons. The summed E-state index contributed by atoms with van der Waals surface area (Å²) in [6, 6.07) is 16.3. The third-order valence-corrected chi connectivity index (χ3v) is 2.65. The van der Waals surface area contributed by atoms with E-state index in [4.69, 9.17) is 4.74 Å². The number of hydrogen-bond donors (Lipinski definition) is 0. The molecule has 0 aromatic heterocycles. The standard InChI is InChI=1S/C16H14O3/c17-12-6-10-15(18)14-9-4-5-11-16(14)19-13-7-2-1-3-8-13/h1-5,7-9,11-12H,6,10H2. The van der Waals surface area contributed by atoms with Crippen molar-refractivity contribution in [1.29, 1.82) is 0 Å². The molecule has 0 radical (unpaired) electrons. The van der Waals surface area contributed by atoms with Crippen LogP contribution in [-0.4, -0.2) is 12.1 Å². The molecular weight excluding hydrogens is 240 g/mol. The van der Waals surface area contributed by atoms with Gasteiger partial charge in [-0.2, -0.15) is 0 Å². The molecule has 0 aliphatic heterocycles. The molecule has 0 aliphatic rings. The Labute approximate surface area is 111 Å². The Morgan fingerprint density at radius 3 is 2.42 bits per heavy atom. The topological polar surface area (TPSA) is 43.4 Å². The Kier molecular flexibility index (Phi) is 4.45. The van der Waals surface area contributed by atoms with Crippen molar-refractivity contribution in [3.05, 3.63) is 60.2 Å². The molecule has 0 spiro atoms. The predicted octanol–water partition coefficient (Wildman–Crippen LogP) is 3.64. The van der Waals surface area contributed by atoms with Gasteiger partial charge in [0.25, 0.3) is 0 Å². The minimum atomic E-state index is -0.0846. The van der Waals surface area contributed by atoms with Crippen LogP contribution in [-0.2, 0) is 4.79 Å². The molecule has 0 unspecified atom stereocenters. The van der Waals surface area contributed by atoms with Gasteiger partial charge in [0.2, 0.25) is 0 Å². The van der Waals surface area contributed by atoms with Gasteiger partial charge in [-0.05, 0) is 24.3 Å². The van der Waals surface area contributed by atoms with Gasteiger partial charge in [-0.25, -0.2) is 0 Å². The minimum absolute atomic E-state index is 0.0846. The van der Waals surface area contributed by atoms with Crippen molar-refractivity contribution in [1.82, 2.24) is 0 Å². The average Bonchev–Trinajstić information content (AvgIpc) is 2.46. The van der Waals surface area contributed by atoms with Crippen molar-refractivity contribution in [3.63, 3.8) is 0 Å². The van der Waals surface area contributed by atoms with Crippen LogP contribution in [0.15, 0.2) is 54.6 Å². The summed E-state index contributed by atoms with van der Waals surface area (Å²) >= 11 is 0. The Balaban J connectivity index is 2.21. The van der Waals surface area contributed by atoms with E-state index in [1.165, 1.54) is 0 Å². The van der Waals surface area contributed by atoms with E-state index >= 15 is 0 Å². The number of aldehydes is 1. The number of ketones is 1. The van der Waals surface area contributed by atoms with E-state index in [1.807, 2.05) is 36.4 Å². The lowest BCUT2D eigenvalue weighted by atomic mass is 10.1. The zero-order valence-corrected chi connectivity index (χ0v) is 10.4. The van der Waals surface area contributed by atoms with Gasteiger partial charge in [0.15, 0.2) is 5.78 Å². The second-order valence-electron chi connectivity index (χ2n) is 4.04. The summed E-state index contributed by atoms with van der Waals surface area (Å²) in [7, 11) is 0. The molecule has 3 heteroatoms. The molecule has 2 aromatic carbocycles. The monoisotopic (exact) mass is 254 g/mol. The summed E-state index contributed by atoms with van der Waals surface area (Å²) in [6.07, 6.45) is 1.19. The van der Waals surface area contributed by atoms with Crippen molar-refractivity contribution in [2.45, 2.75) is 12.8 Å². The van der Waals surface area contributed by atoms with Crippen molar-refractivity contribution in [3.8, 4) is 11.5 Å². The number of Topliss-reactive ketones (excluding diaryl/α,β-unsaturated/α-hetero) is 1. The van der Waals surface area contributed by atoms with Gasteiger partial charge >= 0.3 is 0 Å². The fraction of sp³-hybridized carbons (Fsp3) is 0.125. The maximum Gasteiger partial charge on any atom is 0.167 e. The number of benzene rings is 2. The smallest absolute Gasteiger partial charge is 0.167 e. The first-order valence-corrected chi connectivity index (χ1v) is 6.10. The average molecular weight is 254 g/mol. The van der Waals surface area contributed by atoms with Gasteiger partial charge in [-0.15, -0.1) is 0 Å². The zero-order chi connectivity index (χ0) is 13.5. The normalized spacial score (nSPS) is 9.89. The van der Waals surface area contributed by atoms with Crippen molar-refractivity contribution >= 4 is 12.1 Å². The summed E-state index contributed by atoms with van der Waals surface area (Å²) in [5.74, 6) is 1.11. The van der Waals surface area contributed by atoms with Crippen LogP contribution in [0.4, 0.5) is 0 Å². The highest BCUT2D eigenvalue weighted by molar-refractivity contribution is 5.99. The van der Waals surface area contributed by atoms with Crippen molar-refractivity contribution < 1.29 is 14.3 Å². The molecule has 0 fully saturated rings. The highest BCUT2D eigenvalue weighted by atomic mass is 16.5. The van der Waals surface area contributed by atoms with Crippen LogP contribution in [0.1, 0.15) is 23.2 Å². The first kappa shape index (κ1) is 13.0. The van der Waals surface area contributed by atoms with E-state index in [1.54, 1.807) is 18.2 Å². The fourth-order valence-electron chi connectivity index (χ4n) is 1.73. The quantitative estimate of drug-likeness (QED) is 0.584. The summed E-state index contributed by atoms with van der Waals surface area (Å²) < 4.78 is 5.70. The molecule has 0 saturated heterocycles. The van der Waals surface area contributed by atoms with E-state index in [9.17, 15) is 9.59 Å². The van der Waals surface area contributed by atoms with E-state index in [0.717, 1.165) is 6.29 Å². The Bertz CT molecular complexity index is 561. The second kappa shape index (κ2) is 6.50. The summed E-state index contributed by atoms with van der Waals surface area (Å²) in [4.78, 5) is 22.3. The van der Waals surface area contributed by atoms with Crippen LogP contribution in [0, 0.1) is 0 Å². The van der Waals surface area contributed by atoms with E-state index in [0.29, 0.717) is 17.1 Å². The lowest BCUT2D eigenvalue weighted by molar-refractivity contribution is -0.107. The molecule has 3 nitrogen and oxygen atoms in total. The lowest BCUT2D eigenvalue weighted by Crippen LogP contribution is -2.02. The van der Waals surface area contributed by atoms with Crippen LogP contribution in [0.25, 0.3) is 0 Å². The number of para-hydroxylation sites is 2. The van der Waals surface area contributed by atoms with Gasteiger partial charge in [-0.1, -0.05) is 30.3 Å². The number of carbonyl (C=O) groups is 2. The molecule has 0 bridgehead atoms. The van der Waals surface area contributed by atoms with Crippen LogP contribution < -0.4 is 4.74 Å². The molecule has 19 heavy (non-hydrogen) atoms. The zero-order valence-electron chi connectivity index (χ0n) is 10.4. The Hall–Kier alpha value is -2.42. The molecule has 2 rings (SSSR count). The van der Waals surface area contributed by atoms with Gasteiger partial charge in [0.1, 0.15) is 17.8 Å². The van der Waals surface area contributed by atoms with E-state index in [-0.39, 0.29) is 18.6 Å².